The van der Waals surface area contributed by atoms with Crippen LogP contribution in [0.25, 0.3) is 0 Å². The maximum atomic E-state index is 12.3. The minimum Gasteiger partial charge on any atom is -0.481 e. The second-order valence-electron chi connectivity index (χ2n) is 5.89. The van der Waals surface area contributed by atoms with E-state index in [9.17, 15) is 9.59 Å². The van der Waals surface area contributed by atoms with Gasteiger partial charge in [0.1, 0.15) is 0 Å². The maximum Gasteiger partial charge on any atom is 0.308 e. The second-order valence-corrected chi connectivity index (χ2v) is 5.89. The van der Waals surface area contributed by atoms with E-state index in [1.165, 1.54) is 6.42 Å². The van der Waals surface area contributed by atoms with E-state index in [-0.39, 0.29) is 17.7 Å². The van der Waals surface area contributed by atoms with E-state index in [0.717, 1.165) is 44.1 Å². The summed E-state index contributed by atoms with van der Waals surface area (Å²) in [4.78, 5) is 25.0. The molecule has 3 atom stereocenters. The molecule has 0 spiro atoms. The third-order valence-corrected chi connectivity index (χ3v) is 4.68. The van der Waals surface area contributed by atoms with Crippen LogP contribution in [0.3, 0.4) is 0 Å². The molecule has 4 heteroatoms. The molecule has 0 aromatic heterocycles. The molecule has 0 radical (unpaired) electrons. The Morgan fingerprint density at radius 2 is 1.76 bits per heavy atom. The Bertz CT molecular complexity index is 345. The standard InChI is InChI=1S/C13H19NO3/c15-12(11-5-9-4-10(9)6-11)14-3-1-2-8(7-14)13(16)17/h8-11H,1-7H2,(H,16,17)/t8-,9?,10?,11?/m0/s1. The summed E-state index contributed by atoms with van der Waals surface area (Å²) in [6, 6.07) is 0. The fourth-order valence-electron chi connectivity index (χ4n) is 3.55. The van der Waals surface area contributed by atoms with Gasteiger partial charge in [0, 0.05) is 19.0 Å². The lowest BCUT2D eigenvalue weighted by atomic mass is 9.95. The van der Waals surface area contributed by atoms with Crippen LogP contribution < -0.4 is 0 Å². The minimum atomic E-state index is -0.753. The summed E-state index contributed by atoms with van der Waals surface area (Å²) in [5, 5.41) is 9.01. The van der Waals surface area contributed by atoms with Crippen LogP contribution in [0.15, 0.2) is 0 Å². The van der Waals surface area contributed by atoms with Crippen molar-refractivity contribution >= 4 is 11.9 Å². The molecule has 3 fully saturated rings. The third-order valence-electron chi connectivity index (χ3n) is 4.68. The van der Waals surface area contributed by atoms with Gasteiger partial charge in [-0.25, -0.2) is 0 Å². The topological polar surface area (TPSA) is 57.6 Å². The zero-order chi connectivity index (χ0) is 12.0. The Balaban J connectivity index is 1.59. The number of amides is 1. The smallest absolute Gasteiger partial charge is 0.308 e. The molecule has 1 heterocycles. The molecule has 2 unspecified atom stereocenters. The van der Waals surface area contributed by atoms with Crippen LogP contribution in [0.2, 0.25) is 0 Å². The Labute approximate surface area is 101 Å². The van der Waals surface area contributed by atoms with Gasteiger partial charge in [0.25, 0.3) is 0 Å². The molecule has 1 amide bonds. The monoisotopic (exact) mass is 237 g/mol. The fraction of sp³-hybridized carbons (Fsp3) is 0.846. The molecule has 1 N–H and O–H groups in total. The van der Waals surface area contributed by atoms with Crippen LogP contribution in [0, 0.1) is 23.7 Å². The van der Waals surface area contributed by atoms with Crippen molar-refractivity contribution in [1.29, 1.82) is 0 Å². The molecular weight excluding hydrogens is 218 g/mol. The quantitative estimate of drug-likeness (QED) is 0.788. The summed E-state index contributed by atoms with van der Waals surface area (Å²) in [5.41, 5.74) is 0. The van der Waals surface area contributed by atoms with Gasteiger partial charge in [-0.2, -0.15) is 0 Å². The van der Waals surface area contributed by atoms with Gasteiger partial charge in [-0.1, -0.05) is 0 Å². The van der Waals surface area contributed by atoms with Crippen molar-refractivity contribution in [2.24, 2.45) is 23.7 Å². The average molecular weight is 237 g/mol. The number of nitrogens with zero attached hydrogens (tertiary/aromatic N) is 1. The number of hydrogen-bond acceptors (Lipinski definition) is 2. The van der Waals surface area contributed by atoms with Gasteiger partial charge in [0.15, 0.2) is 0 Å². The summed E-state index contributed by atoms with van der Waals surface area (Å²) < 4.78 is 0. The summed E-state index contributed by atoms with van der Waals surface area (Å²) >= 11 is 0. The van der Waals surface area contributed by atoms with E-state index in [1.54, 1.807) is 4.90 Å². The first-order valence-corrected chi connectivity index (χ1v) is 6.66. The van der Waals surface area contributed by atoms with Gasteiger partial charge in [-0.05, 0) is 43.9 Å². The van der Waals surface area contributed by atoms with E-state index >= 15 is 0 Å². The lowest BCUT2D eigenvalue weighted by Gasteiger charge is -2.32. The second kappa shape index (κ2) is 4.00. The highest BCUT2D eigenvalue weighted by Crippen LogP contribution is 2.54. The van der Waals surface area contributed by atoms with Gasteiger partial charge in [0.05, 0.1) is 5.92 Å². The minimum absolute atomic E-state index is 0.200. The molecule has 0 bridgehead atoms. The Hall–Kier alpha value is -1.06. The highest BCUT2D eigenvalue weighted by Gasteiger charge is 2.49. The van der Waals surface area contributed by atoms with Gasteiger partial charge in [-0.15, -0.1) is 0 Å². The van der Waals surface area contributed by atoms with Crippen LogP contribution >= 0.6 is 0 Å². The molecule has 1 saturated heterocycles. The molecule has 0 aromatic carbocycles. The highest BCUT2D eigenvalue weighted by molar-refractivity contribution is 5.80. The van der Waals surface area contributed by atoms with Crippen molar-refractivity contribution in [3.63, 3.8) is 0 Å². The molecule has 3 aliphatic rings. The molecular formula is C13H19NO3. The molecule has 4 nitrogen and oxygen atoms in total. The molecule has 2 aliphatic carbocycles. The van der Waals surface area contributed by atoms with Gasteiger partial charge in [-0.3, -0.25) is 9.59 Å². The number of carbonyl (C=O) groups excluding carboxylic acids is 1. The molecule has 17 heavy (non-hydrogen) atoms. The van der Waals surface area contributed by atoms with E-state index in [1.807, 2.05) is 0 Å². The number of piperidine rings is 1. The molecule has 94 valence electrons. The van der Waals surface area contributed by atoms with Crippen molar-refractivity contribution in [3.8, 4) is 0 Å². The summed E-state index contributed by atoms with van der Waals surface area (Å²) in [6.45, 7) is 1.19. The maximum absolute atomic E-state index is 12.3. The van der Waals surface area contributed by atoms with Crippen molar-refractivity contribution in [1.82, 2.24) is 4.90 Å². The zero-order valence-corrected chi connectivity index (χ0v) is 9.97. The molecule has 0 aromatic rings. The van der Waals surface area contributed by atoms with Crippen LogP contribution in [0.4, 0.5) is 0 Å². The van der Waals surface area contributed by atoms with Crippen molar-refractivity contribution in [3.05, 3.63) is 0 Å². The third kappa shape index (κ3) is 2.05. The average Bonchev–Trinajstić information content (AvgIpc) is 2.95. The van der Waals surface area contributed by atoms with E-state index in [0.29, 0.717) is 6.54 Å². The largest absolute Gasteiger partial charge is 0.481 e. The summed E-state index contributed by atoms with van der Waals surface area (Å²) in [5.74, 6) is 0.947. The number of carboxylic acid groups (broad SMARTS) is 1. The van der Waals surface area contributed by atoms with Crippen LogP contribution in [-0.2, 0) is 9.59 Å². The van der Waals surface area contributed by atoms with E-state index in [2.05, 4.69) is 0 Å². The highest BCUT2D eigenvalue weighted by atomic mass is 16.4. The lowest BCUT2D eigenvalue weighted by molar-refractivity contribution is -0.146. The SMILES string of the molecule is O=C(O)[C@H]1CCCN(C(=O)C2CC3CC3C2)C1. The predicted octanol–water partition coefficient (Wildman–Crippen LogP) is 1.36. The molecule has 3 rings (SSSR count). The Morgan fingerprint density at radius 1 is 1.06 bits per heavy atom. The number of aliphatic carboxylic acids is 1. The Morgan fingerprint density at radius 3 is 2.41 bits per heavy atom. The van der Waals surface area contributed by atoms with Crippen LogP contribution in [-0.4, -0.2) is 35.0 Å². The van der Waals surface area contributed by atoms with Crippen molar-refractivity contribution in [2.75, 3.05) is 13.1 Å². The number of fused-ring (bicyclic) bond motifs is 1. The van der Waals surface area contributed by atoms with Crippen molar-refractivity contribution < 1.29 is 14.7 Å². The normalized spacial score (nSPS) is 39.9. The first-order valence-electron chi connectivity index (χ1n) is 6.66. The van der Waals surface area contributed by atoms with Gasteiger partial charge >= 0.3 is 5.97 Å². The summed E-state index contributed by atoms with van der Waals surface area (Å²) in [6.07, 6.45) is 4.98. The predicted molar refractivity (Wildman–Crippen MR) is 61.3 cm³/mol. The van der Waals surface area contributed by atoms with Gasteiger partial charge < -0.3 is 10.0 Å². The van der Waals surface area contributed by atoms with Crippen molar-refractivity contribution in [2.45, 2.75) is 32.1 Å². The van der Waals surface area contributed by atoms with Gasteiger partial charge in [0.2, 0.25) is 5.91 Å². The first-order chi connectivity index (χ1) is 8.15. The summed E-state index contributed by atoms with van der Waals surface area (Å²) in [7, 11) is 0. The number of rotatable bonds is 2. The van der Waals surface area contributed by atoms with Crippen LogP contribution in [0.1, 0.15) is 32.1 Å². The van der Waals surface area contributed by atoms with Crippen LogP contribution in [0.5, 0.6) is 0 Å². The number of carbonyl (C=O) groups is 2. The Kier molecular flexibility index (Phi) is 2.60. The lowest BCUT2D eigenvalue weighted by Crippen LogP contribution is -2.44. The number of hydrogen-bond donors (Lipinski definition) is 1. The number of carboxylic acids is 1. The van der Waals surface area contributed by atoms with E-state index < -0.39 is 5.97 Å². The molecule has 1 aliphatic heterocycles. The van der Waals surface area contributed by atoms with E-state index in [4.69, 9.17) is 5.11 Å². The number of likely N-dealkylation sites (tertiary alicyclic amines) is 1. The molecule has 2 saturated carbocycles. The fourth-order valence-corrected chi connectivity index (χ4v) is 3.55. The first kappa shape index (κ1) is 11.1. The zero-order valence-electron chi connectivity index (χ0n) is 9.97.